The zero-order chi connectivity index (χ0) is 11.0. The number of H-pyrrole nitrogens is 1. The maximum Gasteiger partial charge on any atom is 0.208 e. The van der Waals surface area contributed by atoms with E-state index in [2.05, 4.69) is 15.3 Å². The van der Waals surface area contributed by atoms with Gasteiger partial charge in [-0.25, -0.2) is 4.98 Å². The number of furan rings is 1. The lowest BCUT2D eigenvalue weighted by molar-refractivity contribution is 0.550. The first-order chi connectivity index (χ1) is 7.81. The highest BCUT2D eigenvalue weighted by molar-refractivity contribution is 5.77. The number of aromatic nitrogens is 2. The first kappa shape index (κ1) is 9.03. The van der Waals surface area contributed by atoms with Gasteiger partial charge in [-0.15, -0.1) is 0 Å². The van der Waals surface area contributed by atoms with Crippen LogP contribution in [0.15, 0.2) is 40.8 Å². The van der Waals surface area contributed by atoms with Gasteiger partial charge in [0.1, 0.15) is 5.76 Å². The molecule has 0 aliphatic heterocycles. The van der Waals surface area contributed by atoms with Crippen LogP contribution in [0.3, 0.4) is 0 Å². The smallest absolute Gasteiger partial charge is 0.208 e. The molecule has 0 saturated carbocycles. The van der Waals surface area contributed by atoms with Gasteiger partial charge < -0.3 is 9.40 Å². The van der Waals surface area contributed by atoms with E-state index >= 15 is 0 Å². The average molecular weight is 213 g/mol. The van der Waals surface area contributed by atoms with Crippen molar-refractivity contribution in [2.24, 2.45) is 0 Å². The van der Waals surface area contributed by atoms with E-state index in [1.807, 2.05) is 43.3 Å². The van der Waals surface area contributed by atoms with Crippen molar-refractivity contribution in [1.29, 1.82) is 0 Å². The molecular formula is C12H11N3O. The molecule has 1 aromatic carbocycles. The predicted molar refractivity (Wildman–Crippen MR) is 62.8 cm³/mol. The topological polar surface area (TPSA) is 53.9 Å². The summed E-state index contributed by atoms with van der Waals surface area (Å²) in [4.78, 5) is 7.56. The summed E-state index contributed by atoms with van der Waals surface area (Å²) in [6.07, 6.45) is 0. The molecule has 0 spiro atoms. The summed E-state index contributed by atoms with van der Waals surface area (Å²) in [5.74, 6) is 2.26. The summed E-state index contributed by atoms with van der Waals surface area (Å²) in [5, 5.41) is 3.08. The number of para-hydroxylation sites is 2. The second-order valence-electron chi connectivity index (χ2n) is 3.64. The van der Waals surface area contributed by atoms with Crippen molar-refractivity contribution in [3.63, 3.8) is 0 Å². The highest BCUT2D eigenvalue weighted by Crippen LogP contribution is 2.19. The molecule has 3 rings (SSSR count). The van der Waals surface area contributed by atoms with Crippen LogP contribution in [0.2, 0.25) is 0 Å². The molecule has 2 aromatic heterocycles. The Morgan fingerprint density at radius 1 is 1.19 bits per heavy atom. The van der Waals surface area contributed by atoms with Crippen LogP contribution in [0.5, 0.6) is 0 Å². The van der Waals surface area contributed by atoms with Gasteiger partial charge in [0, 0.05) is 6.07 Å². The van der Waals surface area contributed by atoms with Crippen molar-refractivity contribution in [1.82, 2.24) is 9.97 Å². The molecule has 0 radical (unpaired) electrons. The molecule has 4 heteroatoms. The van der Waals surface area contributed by atoms with E-state index in [0.717, 1.165) is 16.8 Å². The van der Waals surface area contributed by atoms with Crippen molar-refractivity contribution < 1.29 is 4.42 Å². The number of aryl methyl sites for hydroxylation is 1. The van der Waals surface area contributed by atoms with Crippen LogP contribution < -0.4 is 5.32 Å². The van der Waals surface area contributed by atoms with E-state index in [-0.39, 0.29) is 0 Å². The molecule has 0 atom stereocenters. The second kappa shape index (κ2) is 3.41. The standard InChI is InChI=1S/C12H11N3O/c1-8-6-7-11(16-8)15-12-13-9-4-2-3-5-10(9)14-12/h2-7H,1H3,(H2,13,14,15). The monoisotopic (exact) mass is 213 g/mol. The normalized spacial score (nSPS) is 10.8. The fraction of sp³-hybridized carbons (Fsp3) is 0.0833. The summed E-state index contributed by atoms with van der Waals surface area (Å²) in [7, 11) is 0. The van der Waals surface area contributed by atoms with Crippen molar-refractivity contribution in [2.75, 3.05) is 5.32 Å². The fourth-order valence-corrected chi connectivity index (χ4v) is 1.63. The van der Waals surface area contributed by atoms with Crippen molar-refractivity contribution in [3.8, 4) is 0 Å². The molecule has 0 saturated heterocycles. The number of rotatable bonds is 2. The molecule has 0 amide bonds. The second-order valence-corrected chi connectivity index (χ2v) is 3.64. The van der Waals surface area contributed by atoms with Gasteiger partial charge in [0.05, 0.1) is 11.0 Å². The lowest BCUT2D eigenvalue weighted by Gasteiger charge is -1.95. The molecule has 0 aliphatic rings. The Morgan fingerprint density at radius 2 is 2.06 bits per heavy atom. The van der Waals surface area contributed by atoms with E-state index in [1.54, 1.807) is 0 Å². The van der Waals surface area contributed by atoms with Gasteiger partial charge >= 0.3 is 0 Å². The Balaban J connectivity index is 1.95. The number of nitrogens with zero attached hydrogens (tertiary/aromatic N) is 1. The predicted octanol–water partition coefficient (Wildman–Crippen LogP) is 3.21. The van der Waals surface area contributed by atoms with E-state index in [0.29, 0.717) is 11.8 Å². The van der Waals surface area contributed by atoms with Gasteiger partial charge in [-0.05, 0) is 25.1 Å². The largest absolute Gasteiger partial charge is 0.446 e. The summed E-state index contributed by atoms with van der Waals surface area (Å²) in [5.41, 5.74) is 1.95. The number of aromatic amines is 1. The summed E-state index contributed by atoms with van der Waals surface area (Å²) < 4.78 is 5.41. The van der Waals surface area contributed by atoms with Gasteiger partial charge in [-0.2, -0.15) is 0 Å². The molecule has 0 aliphatic carbocycles. The molecule has 4 nitrogen and oxygen atoms in total. The third-order valence-electron chi connectivity index (χ3n) is 2.37. The molecule has 2 heterocycles. The van der Waals surface area contributed by atoms with Crippen molar-refractivity contribution >= 4 is 22.9 Å². The summed E-state index contributed by atoms with van der Waals surface area (Å²) in [6, 6.07) is 11.7. The first-order valence-corrected chi connectivity index (χ1v) is 5.09. The van der Waals surface area contributed by atoms with E-state index in [9.17, 15) is 0 Å². The highest BCUT2D eigenvalue weighted by Gasteiger charge is 2.03. The number of fused-ring (bicyclic) bond motifs is 1. The number of hydrogen-bond donors (Lipinski definition) is 2. The SMILES string of the molecule is Cc1ccc(Nc2nc3ccccc3[nH]2)o1. The zero-order valence-electron chi connectivity index (χ0n) is 8.82. The summed E-state index contributed by atoms with van der Waals surface area (Å²) >= 11 is 0. The van der Waals surface area contributed by atoms with E-state index in [4.69, 9.17) is 4.42 Å². The molecule has 16 heavy (non-hydrogen) atoms. The first-order valence-electron chi connectivity index (χ1n) is 5.09. The minimum atomic E-state index is 0.690. The Hall–Kier alpha value is -2.23. The van der Waals surface area contributed by atoms with Crippen molar-refractivity contribution in [2.45, 2.75) is 6.92 Å². The summed E-state index contributed by atoms with van der Waals surface area (Å²) in [6.45, 7) is 1.91. The quantitative estimate of drug-likeness (QED) is 0.687. The lowest BCUT2D eigenvalue weighted by Crippen LogP contribution is -1.89. The Bertz CT molecular complexity index is 591. The van der Waals surface area contributed by atoms with Gasteiger partial charge in [0.2, 0.25) is 5.95 Å². The van der Waals surface area contributed by atoms with Gasteiger partial charge in [-0.3, -0.25) is 5.32 Å². The highest BCUT2D eigenvalue weighted by atomic mass is 16.4. The maximum atomic E-state index is 5.41. The molecule has 2 N–H and O–H groups in total. The van der Waals surface area contributed by atoms with Gasteiger partial charge in [-0.1, -0.05) is 12.1 Å². The molecule has 0 unspecified atom stereocenters. The van der Waals surface area contributed by atoms with Crippen LogP contribution in [0.25, 0.3) is 11.0 Å². The number of imidazole rings is 1. The van der Waals surface area contributed by atoms with Crippen LogP contribution in [-0.4, -0.2) is 9.97 Å². The third-order valence-corrected chi connectivity index (χ3v) is 2.37. The Labute approximate surface area is 92.3 Å². The van der Waals surface area contributed by atoms with Crippen LogP contribution >= 0.6 is 0 Å². The van der Waals surface area contributed by atoms with Gasteiger partial charge in [0.25, 0.3) is 0 Å². The van der Waals surface area contributed by atoms with Crippen LogP contribution in [-0.2, 0) is 0 Å². The molecule has 80 valence electrons. The maximum absolute atomic E-state index is 5.41. The average Bonchev–Trinajstić information content (AvgIpc) is 2.84. The third kappa shape index (κ3) is 1.54. The number of nitrogens with one attached hydrogen (secondary N) is 2. The lowest BCUT2D eigenvalue weighted by atomic mass is 10.3. The van der Waals surface area contributed by atoms with Crippen LogP contribution in [0.4, 0.5) is 11.8 Å². The van der Waals surface area contributed by atoms with E-state index < -0.39 is 0 Å². The van der Waals surface area contributed by atoms with Crippen LogP contribution in [0.1, 0.15) is 5.76 Å². The number of anilines is 2. The minimum Gasteiger partial charge on any atom is -0.446 e. The Kier molecular flexibility index (Phi) is 1.93. The molecule has 3 aromatic rings. The minimum absolute atomic E-state index is 0.690. The molecule has 0 fully saturated rings. The number of benzene rings is 1. The van der Waals surface area contributed by atoms with Gasteiger partial charge in [0.15, 0.2) is 5.88 Å². The van der Waals surface area contributed by atoms with Crippen LogP contribution in [0, 0.1) is 6.92 Å². The van der Waals surface area contributed by atoms with Crippen molar-refractivity contribution in [3.05, 3.63) is 42.2 Å². The Morgan fingerprint density at radius 3 is 2.81 bits per heavy atom. The molecular weight excluding hydrogens is 202 g/mol. The zero-order valence-corrected chi connectivity index (χ0v) is 8.82. The van der Waals surface area contributed by atoms with E-state index in [1.165, 1.54) is 0 Å². The number of hydrogen-bond acceptors (Lipinski definition) is 3. The fourth-order valence-electron chi connectivity index (χ4n) is 1.63. The molecule has 0 bridgehead atoms.